The zero-order valence-corrected chi connectivity index (χ0v) is 16.9. The monoisotopic (exact) mass is 414 g/mol. The highest BCUT2D eigenvalue weighted by molar-refractivity contribution is 6.22. The molecule has 31 heavy (non-hydrogen) atoms. The Balaban J connectivity index is 1.49. The Morgan fingerprint density at radius 2 is 1.45 bits per heavy atom. The first-order valence-electron chi connectivity index (χ1n) is 10.2. The van der Waals surface area contributed by atoms with Crippen molar-refractivity contribution in [2.75, 3.05) is 6.61 Å². The van der Waals surface area contributed by atoms with E-state index in [-0.39, 0.29) is 13.0 Å². The Kier molecular flexibility index (Phi) is 6.17. The molecule has 0 aliphatic carbocycles. The van der Waals surface area contributed by atoms with Crippen LogP contribution in [0.5, 0.6) is 0 Å². The van der Waals surface area contributed by atoms with Crippen LogP contribution in [-0.4, -0.2) is 40.3 Å². The van der Waals surface area contributed by atoms with Gasteiger partial charge in [-0.2, -0.15) is 0 Å². The van der Waals surface area contributed by atoms with Crippen LogP contribution in [0.25, 0.3) is 0 Å². The molecule has 6 heteroatoms. The summed E-state index contributed by atoms with van der Waals surface area (Å²) in [4.78, 5) is 43.9. The highest BCUT2D eigenvalue weighted by Gasteiger charge is 2.43. The second-order valence-electron chi connectivity index (χ2n) is 7.36. The number of aromatic nitrogens is 1. The molecule has 1 aromatic heterocycles. The summed E-state index contributed by atoms with van der Waals surface area (Å²) in [5.74, 6) is -1.50. The number of nitrogens with zero attached hydrogens (tertiary/aromatic N) is 2. The molecule has 0 saturated carbocycles. The van der Waals surface area contributed by atoms with Gasteiger partial charge in [0.05, 0.1) is 17.7 Å². The van der Waals surface area contributed by atoms with Gasteiger partial charge in [-0.1, -0.05) is 42.5 Å². The van der Waals surface area contributed by atoms with Crippen LogP contribution in [0, 0.1) is 0 Å². The number of benzene rings is 2. The number of ether oxygens (including phenoxy) is 1. The quantitative estimate of drug-likeness (QED) is 0.321. The van der Waals surface area contributed by atoms with Crippen LogP contribution < -0.4 is 0 Å². The minimum Gasteiger partial charge on any atom is -0.464 e. The highest BCUT2D eigenvalue weighted by Crippen LogP contribution is 2.26. The first-order valence-corrected chi connectivity index (χ1v) is 10.2. The van der Waals surface area contributed by atoms with E-state index in [9.17, 15) is 14.4 Å². The van der Waals surface area contributed by atoms with Crippen molar-refractivity contribution < 1.29 is 19.1 Å². The predicted octanol–water partition coefficient (Wildman–Crippen LogP) is 3.46. The minimum absolute atomic E-state index is 0.204. The lowest BCUT2D eigenvalue weighted by atomic mass is 10.0. The molecule has 0 fully saturated rings. The lowest BCUT2D eigenvalue weighted by molar-refractivity contribution is -0.148. The van der Waals surface area contributed by atoms with Crippen LogP contribution in [0.3, 0.4) is 0 Å². The molecule has 0 radical (unpaired) electrons. The van der Waals surface area contributed by atoms with Crippen molar-refractivity contribution in [2.24, 2.45) is 0 Å². The molecule has 1 aliphatic heterocycles. The number of hydrogen-bond acceptors (Lipinski definition) is 5. The second-order valence-corrected chi connectivity index (χ2v) is 7.36. The van der Waals surface area contributed by atoms with E-state index in [1.807, 2.05) is 42.5 Å². The predicted molar refractivity (Wildman–Crippen MR) is 114 cm³/mol. The molecule has 2 heterocycles. The van der Waals surface area contributed by atoms with Crippen molar-refractivity contribution >= 4 is 17.8 Å². The van der Waals surface area contributed by atoms with Gasteiger partial charge in [0.2, 0.25) is 0 Å². The molecule has 0 bridgehead atoms. The fraction of sp³-hybridized carbons (Fsp3) is 0.200. The second kappa shape index (κ2) is 9.34. The van der Waals surface area contributed by atoms with Gasteiger partial charge in [0.1, 0.15) is 6.04 Å². The van der Waals surface area contributed by atoms with Gasteiger partial charge in [0.25, 0.3) is 11.8 Å². The van der Waals surface area contributed by atoms with E-state index >= 15 is 0 Å². The molecule has 6 nitrogen and oxygen atoms in total. The van der Waals surface area contributed by atoms with Crippen molar-refractivity contribution in [1.82, 2.24) is 9.88 Å². The summed E-state index contributed by atoms with van der Waals surface area (Å²) >= 11 is 0. The number of fused-ring (bicyclic) bond motifs is 1. The summed E-state index contributed by atoms with van der Waals surface area (Å²) in [5, 5.41) is 0. The highest BCUT2D eigenvalue weighted by atomic mass is 16.5. The average molecular weight is 414 g/mol. The number of carbonyl (C=O) groups excluding carboxylic acids is 3. The van der Waals surface area contributed by atoms with Crippen molar-refractivity contribution in [1.29, 1.82) is 0 Å². The van der Waals surface area contributed by atoms with E-state index < -0.39 is 23.8 Å². The van der Waals surface area contributed by atoms with Gasteiger partial charge in [-0.05, 0) is 48.2 Å². The van der Waals surface area contributed by atoms with Crippen molar-refractivity contribution in [3.8, 4) is 0 Å². The van der Waals surface area contributed by atoms with Gasteiger partial charge >= 0.3 is 5.97 Å². The number of hydrogen-bond donors (Lipinski definition) is 0. The molecular weight excluding hydrogens is 392 g/mol. The maximum absolute atomic E-state index is 13.0. The zero-order valence-electron chi connectivity index (χ0n) is 16.9. The summed E-state index contributed by atoms with van der Waals surface area (Å²) in [6.07, 6.45) is 5.02. The number of esters is 1. The molecule has 1 atom stereocenters. The first-order chi connectivity index (χ1) is 15.1. The number of pyridine rings is 1. The van der Waals surface area contributed by atoms with Crippen LogP contribution in [0.2, 0.25) is 0 Å². The molecule has 2 aromatic carbocycles. The van der Waals surface area contributed by atoms with Crippen LogP contribution in [0.4, 0.5) is 0 Å². The molecule has 0 unspecified atom stereocenters. The van der Waals surface area contributed by atoms with Gasteiger partial charge in [0, 0.05) is 18.8 Å². The van der Waals surface area contributed by atoms with Crippen LogP contribution in [0.1, 0.15) is 38.3 Å². The summed E-state index contributed by atoms with van der Waals surface area (Å²) in [5.41, 5.74) is 2.58. The van der Waals surface area contributed by atoms with Crippen LogP contribution >= 0.6 is 0 Å². The normalized spacial score (nSPS) is 13.7. The SMILES string of the molecule is O=C(OCCCc1ccncc1)[C@H](Cc1ccccc1)N1C(=O)c2ccccc2C1=O. The average Bonchev–Trinajstić information content (AvgIpc) is 3.06. The maximum Gasteiger partial charge on any atom is 0.329 e. The zero-order chi connectivity index (χ0) is 21.6. The van der Waals surface area contributed by atoms with Crippen LogP contribution in [0.15, 0.2) is 79.1 Å². The molecule has 1 aliphatic rings. The summed E-state index contributed by atoms with van der Waals surface area (Å²) in [7, 11) is 0. The Bertz CT molecular complexity index is 1050. The molecule has 0 N–H and O–H groups in total. The third-order valence-corrected chi connectivity index (χ3v) is 5.28. The number of amides is 2. The van der Waals surface area contributed by atoms with Crippen molar-refractivity contribution in [3.05, 3.63) is 101 Å². The lowest BCUT2D eigenvalue weighted by Gasteiger charge is -2.24. The van der Waals surface area contributed by atoms with E-state index in [2.05, 4.69) is 4.98 Å². The van der Waals surface area contributed by atoms with Gasteiger partial charge < -0.3 is 4.74 Å². The molecule has 4 rings (SSSR count). The number of imide groups is 1. The van der Waals surface area contributed by atoms with Crippen molar-refractivity contribution in [2.45, 2.75) is 25.3 Å². The van der Waals surface area contributed by atoms with E-state index in [4.69, 9.17) is 4.74 Å². The number of aryl methyl sites for hydroxylation is 1. The maximum atomic E-state index is 13.0. The van der Waals surface area contributed by atoms with E-state index in [1.165, 1.54) is 0 Å². The van der Waals surface area contributed by atoms with Gasteiger partial charge in [-0.25, -0.2) is 4.79 Å². The Labute approximate surface area is 180 Å². The summed E-state index contributed by atoms with van der Waals surface area (Å²) < 4.78 is 5.51. The standard InChI is InChI=1S/C25H22N2O4/c28-23-20-10-4-5-11-21(20)24(29)27(23)22(17-19-7-2-1-3-8-19)25(30)31-16-6-9-18-12-14-26-15-13-18/h1-5,7-8,10-15,22H,6,9,16-17H2/t22-/m0/s1. The number of carbonyl (C=O) groups is 3. The Morgan fingerprint density at radius 1 is 0.839 bits per heavy atom. The number of rotatable bonds is 8. The minimum atomic E-state index is -1.02. The van der Waals surface area contributed by atoms with Gasteiger partial charge in [-0.3, -0.25) is 19.5 Å². The van der Waals surface area contributed by atoms with E-state index in [0.717, 1.165) is 22.4 Å². The van der Waals surface area contributed by atoms with Gasteiger partial charge in [-0.15, -0.1) is 0 Å². The van der Waals surface area contributed by atoms with Crippen molar-refractivity contribution in [3.63, 3.8) is 0 Å². The van der Waals surface area contributed by atoms with E-state index in [1.54, 1.807) is 36.7 Å². The first kappa shape index (κ1) is 20.5. The van der Waals surface area contributed by atoms with Gasteiger partial charge in [0.15, 0.2) is 0 Å². The largest absolute Gasteiger partial charge is 0.464 e. The lowest BCUT2D eigenvalue weighted by Crippen LogP contribution is -2.47. The molecule has 0 saturated heterocycles. The van der Waals surface area contributed by atoms with Crippen LogP contribution in [-0.2, 0) is 22.4 Å². The molecule has 0 spiro atoms. The Hall–Kier alpha value is -3.80. The van der Waals surface area contributed by atoms with E-state index in [0.29, 0.717) is 17.5 Å². The third kappa shape index (κ3) is 4.53. The third-order valence-electron chi connectivity index (χ3n) is 5.28. The Morgan fingerprint density at radius 3 is 2.10 bits per heavy atom. The fourth-order valence-corrected chi connectivity index (χ4v) is 3.70. The fourth-order valence-electron chi connectivity index (χ4n) is 3.70. The summed E-state index contributed by atoms with van der Waals surface area (Å²) in [6.45, 7) is 0.204. The molecular formula is C25H22N2O4. The summed E-state index contributed by atoms with van der Waals surface area (Å²) in [6, 6.07) is 18.7. The topological polar surface area (TPSA) is 76.6 Å². The molecule has 156 valence electrons. The molecule has 2 amide bonds. The smallest absolute Gasteiger partial charge is 0.329 e. The molecule has 3 aromatic rings.